The zero-order valence-electron chi connectivity index (χ0n) is 27.4. The lowest BCUT2D eigenvalue weighted by molar-refractivity contribution is -0.0630. The minimum Gasteiger partial charge on any atom is -0.394 e. The summed E-state index contributed by atoms with van der Waals surface area (Å²) in [5.74, 6) is 0. The van der Waals surface area contributed by atoms with E-state index in [4.69, 9.17) is 28.4 Å². The fourth-order valence-electron chi connectivity index (χ4n) is 5.33. The standard InChI is InChI=1S/C30H48N6O12/c1-19-15-35(29(41)33-27(19)39)25-13-21(38)24(48-25)18-45-9-5-31-3-7-43-11-12-44-8-4-32-6-10-46-22-14-26(47-23(22)17-37)36-16-20(2)28(40)34-30(36)42/h15-16,21-26,31-32,37-38H,3-14,17-18H2,1-2H3,(H,33,39,41)(H,34,40,42)/t21-,22-,23+,24+,25+,26+/m0/s1. The summed E-state index contributed by atoms with van der Waals surface area (Å²) in [5.41, 5.74) is -1.26. The molecule has 2 aromatic rings. The van der Waals surface area contributed by atoms with Gasteiger partial charge in [-0.1, -0.05) is 0 Å². The van der Waals surface area contributed by atoms with E-state index in [0.717, 1.165) is 0 Å². The Kier molecular flexibility index (Phi) is 15.1. The summed E-state index contributed by atoms with van der Waals surface area (Å²) in [4.78, 5) is 52.0. The first-order valence-electron chi connectivity index (χ1n) is 16.2. The Morgan fingerprint density at radius 3 is 1.81 bits per heavy atom. The highest BCUT2D eigenvalue weighted by Gasteiger charge is 2.37. The summed E-state index contributed by atoms with van der Waals surface area (Å²) < 4.78 is 36.8. The quantitative estimate of drug-likeness (QED) is 0.0733. The normalized spacial score (nSPS) is 24.1. The first-order chi connectivity index (χ1) is 23.2. The van der Waals surface area contributed by atoms with Crippen LogP contribution in [-0.4, -0.2) is 133 Å². The molecule has 0 unspecified atom stereocenters. The van der Waals surface area contributed by atoms with Crippen LogP contribution in [0.3, 0.4) is 0 Å². The van der Waals surface area contributed by atoms with Crippen LogP contribution in [0.4, 0.5) is 0 Å². The smallest absolute Gasteiger partial charge is 0.330 e. The predicted molar refractivity (Wildman–Crippen MR) is 170 cm³/mol. The number of aliphatic hydroxyl groups is 2. The van der Waals surface area contributed by atoms with Crippen molar-refractivity contribution in [3.63, 3.8) is 0 Å². The Bertz CT molecular complexity index is 1510. The molecule has 4 heterocycles. The molecule has 2 saturated heterocycles. The number of nitrogens with zero attached hydrogens (tertiary/aromatic N) is 2. The maximum absolute atomic E-state index is 12.2. The summed E-state index contributed by atoms with van der Waals surface area (Å²) >= 11 is 0. The van der Waals surface area contributed by atoms with Gasteiger partial charge >= 0.3 is 11.4 Å². The number of rotatable bonds is 21. The zero-order valence-corrected chi connectivity index (χ0v) is 27.4. The molecule has 6 atom stereocenters. The van der Waals surface area contributed by atoms with Gasteiger partial charge in [0.1, 0.15) is 24.7 Å². The number of aromatic nitrogens is 4. The number of ether oxygens (including phenoxy) is 6. The lowest BCUT2D eigenvalue weighted by atomic mass is 10.2. The molecule has 6 N–H and O–H groups in total. The molecule has 0 aliphatic carbocycles. The Hall–Kier alpha value is -3.04. The first kappa shape index (κ1) is 37.8. The molecule has 18 nitrogen and oxygen atoms in total. The second kappa shape index (κ2) is 19.2. The number of hydrogen-bond donors (Lipinski definition) is 6. The van der Waals surface area contributed by atoms with Gasteiger partial charge in [0.05, 0.1) is 65.1 Å². The average Bonchev–Trinajstić information content (AvgIpc) is 3.64. The fourth-order valence-corrected chi connectivity index (χ4v) is 5.33. The van der Waals surface area contributed by atoms with E-state index in [1.807, 2.05) is 0 Å². The minimum atomic E-state index is -0.787. The highest BCUT2D eigenvalue weighted by molar-refractivity contribution is 5.03. The maximum atomic E-state index is 12.2. The van der Waals surface area contributed by atoms with Gasteiger partial charge in [-0.3, -0.25) is 28.7 Å². The van der Waals surface area contributed by atoms with Gasteiger partial charge in [0, 0.05) is 62.5 Å². The third kappa shape index (κ3) is 11.0. The van der Waals surface area contributed by atoms with E-state index in [9.17, 15) is 29.4 Å². The molecule has 2 aliphatic rings. The molecule has 18 heteroatoms. The van der Waals surface area contributed by atoms with Crippen LogP contribution >= 0.6 is 0 Å². The number of nitrogens with one attached hydrogen (secondary N) is 4. The highest BCUT2D eigenvalue weighted by Crippen LogP contribution is 2.30. The molecular formula is C30H48N6O12. The first-order valence-corrected chi connectivity index (χ1v) is 16.2. The van der Waals surface area contributed by atoms with Gasteiger partial charge in [0.15, 0.2) is 0 Å². The van der Waals surface area contributed by atoms with Crippen LogP contribution in [0.15, 0.2) is 31.6 Å². The van der Waals surface area contributed by atoms with Gasteiger partial charge in [-0.2, -0.15) is 0 Å². The van der Waals surface area contributed by atoms with Crippen molar-refractivity contribution in [2.45, 2.75) is 63.6 Å². The van der Waals surface area contributed by atoms with Crippen molar-refractivity contribution in [2.24, 2.45) is 0 Å². The van der Waals surface area contributed by atoms with Gasteiger partial charge in [-0.05, 0) is 13.8 Å². The second-order valence-electron chi connectivity index (χ2n) is 11.6. The van der Waals surface area contributed by atoms with E-state index in [1.165, 1.54) is 21.5 Å². The number of aliphatic hydroxyl groups excluding tert-OH is 2. The molecule has 0 saturated carbocycles. The van der Waals surface area contributed by atoms with E-state index in [0.29, 0.717) is 83.4 Å². The van der Waals surface area contributed by atoms with Crippen LogP contribution in [-0.2, 0) is 28.4 Å². The Labute approximate surface area is 276 Å². The molecule has 0 amide bonds. The lowest BCUT2D eigenvalue weighted by Crippen LogP contribution is -2.33. The third-order valence-electron chi connectivity index (χ3n) is 8.01. The molecule has 4 rings (SSSR count). The molecule has 0 radical (unpaired) electrons. The molecule has 2 aromatic heterocycles. The Morgan fingerprint density at radius 1 is 0.750 bits per heavy atom. The number of hydrogen-bond acceptors (Lipinski definition) is 14. The zero-order chi connectivity index (χ0) is 34.5. The third-order valence-corrected chi connectivity index (χ3v) is 8.01. The molecular weight excluding hydrogens is 636 g/mol. The molecule has 0 bridgehead atoms. The van der Waals surface area contributed by atoms with E-state index in [-0.39, 0.29) is 25.7 Å². The lowest BCUT2D eigenvalue weighted by Gasteiger charge is -2.16. The summed E-state index contributed by atoms with van der Waals surface area (Å²) in [6.45, 7) is 8.26. The topological polar surface area (TPSA) is 230 Å². The van der Waals surface area contributed by atoms with Crippen molar-refractivity contribution >= 4 is 0 Å². The van der Waals surface area contributed by atoms with Gasteiger partial charge in [0.2, 0.25) is 0 Å². The fraction of sp³-hybridized carbons (Fsp3) is 0.733. The van der Waals surface area contributed by atoms with Gasteiger partial charge < -0.3 is 49.3 Å². The number of aryl methyl sites for hydroxylation is 2. The number of aromatic amines is 2. The van der Waals surface area contributed by atoms with E-state index in [2.05, 4.69) is 20.6 Å². The average molecular weight is 685 g/mol. The molecule has 2 fully saturated rings. The van der Waals surface area contributed by atoms with Gasteiger partial charge in [-0.15, -0.1) is 0 Å². The van der Waals surface area contributed by atoms with Gasteiger partial charge in [-0.25, -0.2) is 9.59 Å². The van der Waals surface area contributed by atoms with Crippen LogP contribution in [0.1, 0.15) is 36.4 Å². The van der Waals surface area contributed by atoms with Crippen LogP contribution in [0.5, 0.6) is 0 Å². The largest absolute Gasteiger partial charge is 0.394 e. The monoisotopic (exact) mass is 684 g/mol. The van der Waals surface area contributed by atoms with Gasteiger partial charge in [0.25, 0.3) is 11.1 Å². The van der Waals surface area contributed by atoms with Crippen LogP contribution < -0.4 is 33.1 Å². The van der Waals surface area contributed by atoms with Crippen molar-refractivity contribution in [3.8, 4) is 0 Å². The van der Waals surface area contributed by atoms with E-state index in [1.54, 1.807) is 13.8 Å². The number of H-pyrrole nitrogens is 2. The van der Waals surface area contributed by atoms with Crippen molar-refractivity contribution in [1.82, 2.24) is 29.7 Å². The Balaban J connectivity index is 0.936. The SMILES string of the molecule is Cc1cn([C@H]2C[C@H](OCCNCCOCCOCCNCCOC[C@H]3O[C@@H](n4cc(C)c(=O)[nH]c4=O)C[C@@H]3O)[C@@H](CO)O2)c(=O)[nH]c1=O. The second-order valence-corrected chi connectivity index (χ2v) is 11.6. The summed E-state index contributed by atoms with van der Waals surface area (Å²) in [6, 6.07) is 0. The van der Waals surface area contributed by atoms with Crippen LogP contribution in [0.25, 0.3) is 0 Å². The van der Waals surface area contributed by atoms with E-state index >= 15 is 0 Å². The molecule has 2 aliphatic heterocycles. The predicted octanol–water partition coefficient (Wildman–Crippen LogP) is -2.75. The van der Waals surface area contributed by atoms with Crippen LogP contribution in [0, 0.1) is 13.8 Å². The van der Waals surface area contributed by atoms with E-state index < -0.39 is 53.3 Å². The highest BCUT2D eigenvalue weighted by atomic mass is 16.6. The van der Waals surface area contributed by atoms with Crippen molar-refractivity contribution in [3.05, 3.63) is 65.2 Å². The summed E-state index contributed by atoms with van der Waals surface area (Å²) in [6.07, 6.45) is -0.144. The Morgan fingerprint density at radius 2 is 1.25 bits per heavy atom. The maximum Gasteiger partial charge on any atom is 0.330 e. The summed E-state index contributed by atoms with van der Waals surface area (Å²) in [5, 5.41) is 26.4. The van der Waals surface area contributed by atoms with Crippen LogP contribution in [0.2, 0.25) is 0 Å². The molecule has 270 valence electrons. The van der Waals surface area contributed by atoms with Crippen molar-refractivity contribution < 1.29 is 38.6 Å². The van der Waals surface area contributed by atoms with Crippen molar-refractivity contribution in [1.29, 1.82) is 0 Å². The summed E-state index contributed by atoms with van der Waals surface area (Å²) in [7, 11) is 0. The van der Waals surface area contributed by atoms with Crippen molar-refractivity contribution in [2.75, 3.05) is 79.0 Å². The molecule has 48 heavy (non-hydrogen) atoms. The minimum absolute atomic E-state index is 0.176. The molecule has 0 spiro atoms. The molecule has 0 aromatic carbocycles.